The first-order valence-corrected chi connectivity index (χ1v) is 10.5. The van der Waals surface area contributed by atoms with Gasteiger partial charge < -0.3 is 5.11 Å². The highest BCUT2D eigenvalue weighted by atomic mass is 35.5. The number of allylic oxidation sites excluding steroid dienone is 3. The van der Waals surface area contributed by atoms with Crippen LogP contribution in [-0.2, 0) is 4.79 Å². The van der Waals surface area contributed by atoms with E-state index in [1.807, 2.05) is 12.2 Å². The third-order valence-electron chi connectivity index (χ3n) is 8.28. The van der Waals surface area contributed by atoms with Gasteiger partial charge in [-0.15, -0.1) is 0 Å². The lowest BCUT2D eigenvalue weighted by Crippen LogP contribution is -2.61. The largest absolute Gasteiger partial charge is 0.384 e. The Hall–Kier alpha value is -1.29. The number of azide groups is 1. The second-order valence-electron chi connectivity index (χ2n) is 9.35. The zero-order valence-electron chi connectivity index (χ0n) is 16.1. The number of carbonyl (C=O) groups is 1. The molecule has 0 aliphatic heterocycles. The van der Waals surface area contributed by atoms with Crippen molar-refractivity contribution in [2.45, 2.75) is 58.0 Å². The Bertz CT molecular complexity index is 771. The van der Waals surface area contributed by atoms with Crippen molar-refractivity contribution in [1.29, 1.82) is 0 Å². The number of ketones is 1. The van der Waals surface area contributed by atoms with Gasteiger partial charge in [0.2, 0.25) is 0 Å². The average molecular weight is 390 g/mol. The Morgan fingerprint density at radius 1 is 1.44 bits per heavy atom. The van der Waals surface area contributed by atoms with Crippen LogP contribution in [0.2, 0.25) is 0 Å². The zero-order valence-corrected chi connectivity index (χ0v) is 16.8. The van der Waals surface area contributed by atoms with Crippen LogP contribution in [0.5, 0.6) is 0 Å². The molecule has 0 spiro atoms. The van der Waals surface area contributed by atoms with E-state index in [1.165, 1.54) is 5.57 Å². The number of aliphatic hydroxyl groups is 1. The molecule has 0 aromatic heterocycles. The van der Waals surface area contributed by atoms with E-state index in [0.29, 0.717) is 41.0 Å². The van der Waals surface area contributed by atoms with E-state index in [0.717, 1.165) is 32.1 Å². The normalized spacial score (nSPS) is 46.2. The highest BCUT2D eigenvalue weighted by Gasteiger charge is 2.61. The molecule has 0 radical (unpaired) electrons. The van der Waals surface area contributed by atoms with Crippen LogP contribution in [0.15, 0.2) is 27.9 Å². The maximum Gasteiger partial charge on any atom is 0.155 e. The number of hydrogen-bond donors (Lipinski definition) is 1. The SMILES string of the molecule is C[C@@H]1CC2=CC(=O)CC[C@@H]2[C@H]2CC[C@@]3(C)[C@@H](CC=C(Cl)[C@@]3(O)CN=[N+]=[N-])[C@@H]21. The highest BCUT2D eigenvalue weighted by Crippen LogP contribution is 2.64. The van der Waals surface area contributed by atoms with Crippen LogP contribution < -0.4 is 0 Å². The number of nitrogens with zero attached hydrogens (tertiary/aromatic N) is 3. The molecule has 4 rings (SSSR count). The fraction of sp³-hybridized carbons (Fsp3) is 0.762. The van der Waals surface area contributed by atoms with E-state index >= 15 is 0 Å². The van der Waals surface area contributed by atoms with Crippen molar-refractivity contribution in [2.24, 2.45) is 40.1 Å². The van der Waals surface area contributed by atoms with Gasteiger partial charge in [0.15, 0.2) is 5.78 Å². The molecule has 1 N–H and O–H groups in total. The summed E-state index contributed by atoms with van der Waals surface area (Å²) in [4.78, 5) is 14.8. The molecule has 0 heterocycles. The van der Waals surface area contributed by atoms with Crippen LogP contribution in [0.25, 0.3) is 10.4 Å². The summed E-state index contributed by atoms with van der Waals surface area (Å²) >= 11 is 6.49. The molecule has 0 unspecified atom stereocenters. The van der Waals surface area contributed by atoms with Crippen molar-refractivity contribution in [3.63, 3.8) is 0 Å². The van der Waals surface area contributed by atoms with Crippen molar-refractivity contribution in [3.8, 4) is 0 Å². The maximum atomic E-state index is 11.9. The van der Waals surface area contributed by atoms with Crippen molar-refractivity contribution in [1.82, 2.24) is 0 Å². The summed E-state index contributed by atoms with van der Waals surface area (Å²) < 4.78 is 0. The summed E-state index contributed by atoms with van der Waals surface area (Å²) in [5.74, 6) is 2.65. The molecule has 5 nitrogen and oxygen atoms in total. The number of fused-ring (bicyclic) bond motifs is 5. The minimum absolute atomic E-state index is 0.0132. The van der Waals surface area contributed by atoms with Crippen LogP contribution in [-0.4, -0.2) is 23.0 Å². The molecule has 4 aliphatic rings. The molecule has 0 saturated heterocycles. The molecule has 0 aromatic rings. The predicted octanol–water partition coefficient (Wildman–Crippen LogP) is 5.15. The van der Waals surface area contributed by atoms with E-state index in [1.54, 1.807) is 0 Å². The molecular formula is C21H28ClN3O2. The van der Waals surface area contributed by atoms with E-state index in [2.05, 4.69) is 23.9 Å². The first kappa shape index (κ1) is 19.0. The van der Waals surface area contributed by atoms with Gasteiger partial charge in [-0.2, -0.15) is 0 Å². The third-order valence-corrected chi connectivity index (χ3v) is 8.75. The Morgan fingerprint density at radius 3 is 2.96 bits per heavy atom. The van der Waals surface area contributed by atoms with Gasteiger partial charge in [-0.3, -0.25) is 4.79 Å². The topological polar surface area (TPSA) is 86.1 Å². The van der Waals surface area contributed by atoms with Gasteiger partial charge in [0.1, 0.15) is 5.60 Å². The number of hydrogen-bond acceptors (Lipinski definition) is 3. The van der Waals surface area contributed by atoms with Crippen LogP contribution in [0.4, 0.5) is 0 Å². The standard InChI is InChI=1S/C21H28ClN3O2/c1-12-9-13-10-14(26)3-4-15(13)16-7-8-20(2)17(19(12)16)5-6-18(22)21(20,27)11-24-25-23/h6,10,12,15-17,19,27H,3-5,7-9,11H2,1-2H3/t12-,15+,16-,17+,19-,20+,21+/m1/s1. The van der Waals surface area contributed by atoms with E-state index in [4.69, 9.17) is 17.1 Å². The van der Waals surface area contributed by atoms with Gasteiger partial charge in [-0.1, -0.05) is 42.2 Å². The van der Waals surface area contributed by atoms with E-state index < -0.39 is 11.0 Å². The summed E-state index contributed by atoms with van der Waals surface area (Å²) in [6, 6.07) is 0. The number of rotatable bonds is 2. The Morgan fingerprint density at radius 2 is 2.22 bits per heavy atom. The lowest BCUT2D eigenvalue weighted by Gasteiger charge is -2.62. The summed E-state index contributed by atoms with van der Waals surface area (Å²) in [5, 5.41) is 15.7. The van der Waals surface area contributed by atoms with Gasteiger partial charge in [0, 0.05) is 21.8 Å². The fourth-order valence-electron chi connectivity index (χ4n) is 6.92. The molecule has 2 saturated carbocycles. The molecule has 7 atom stereocenters. The number of carbonyl (C=O) groups excluding carboxylic acids is 1. The fourth-order valence-corrected chi connectivity index (χ4v) is 7.29. The Balaban J connectivity index is 1.72. The molecule has 0 bridgehead atoms. The van der Waals surface area contributed by atoms with E-state index in [9.17, 15) is 9.90 Å². The van der Waals surface area contributed by atoms with Crippen LogP contribution in [0.1, 0.15) is 52.4 Å². The van der Waals surface area contributed by atoms with Crippen molar-refractivity contribution < 1.29 is 9.90 Å². The molecule has 0 aromatic carbocycles. The van der Waals surface area contributed by atoms with Crippen molar-refractivity contribution in [2.75, 3.05) is 6.54 Å². The Labute approximate surface area is 165 Å². The van der Waals surface area contributed by atoms with Gasteiger partial charge in [-0.25, -0.2) is 0 Å². The van der Waals surface area contributed by atoms with Crippen LogP contribution >= 0.6 is 11.6 Å². The summed E-state index contributed by atoms with van der Waals surface area (Å²) in [5.41, 5.74) is 8.49. The van der Waals surface area contributed by atoms with Crippen molar-refractivity contribution >= 4 is 17.4 Å². The molecule has 27 heavy (non-hydrogen) atoms. The van der Waals surface area contributed by atoms with Gasteiger partial charge in [0.25, 0.3) is 0 Å². The second-order valence-corrected chi connectivity index (χ2v) is 9.76. The zero-order chi connectivity index (χ0) is 19.4. The lowest BCUT2D eigenvalue weighted by atomic mass is 9.44. The summed E-state index contributed by atoms with van der Waals surface area (Å²) in [7, 11) is 0. The summed E-state index contributed by atoms with van der Waals surface area (Å²) in [6.45, 7) is 4.42. The van der Waals surface area contributed by atoms with Gasteiger partial charge in [-0.05, 0) is 73.3 Å². The Kier molecular flexibility index (Phi) is 4.69. The maximum absolute atomic E-state index is 11.9. The molecular weight excluding hydrogens is 362 g/mol. The van der Waals surface area contributed by atoms with Gasteiger partial charge in [0.05, 0.1) is 6.54 Å². The van der Waals surface area contributed by atoms with Gasteiger partial charge >= 0.3 is 0 Å². The van der Waals surface area contributed by atoms with Crippen molar-refractivity contribution in [3.05, 3.63) is 33.2 Å². The molecule has 0 amide bonds. The monoisotopic (exact) mass is 389 g/mol. The smallest absolute Gasteiger partial charge is 0.155 e. The molecule has 6 heteroatoms. The molecule has 2 fully saturated rings. The quantitative estimate of drug-likeness (QED) is 0.402. The summed E-state index contributed by atoms with van der Waals surface area (Å²) in [6.07, 6.45) is 9.25. The predicted molar refractivity (Wildman–Crippen MR) is 105 cm³/mol. The molecule has 146 valence electrons. The first-order valence-electron chi connectivity index (χ1n) is 10.1. The minimum atomic E-state index is -1.28. The average Bonchev–Trinajstić information content (AvgIpc) is 2.63. The highest BCUT2D eigenvalue weighted by molar-refractivity contribution is 6.30. The second kappa shape index (κ2) is 6.65. The van der Waals surface area contributed by atoms with Crippen LogP contribution in [0, 0.1) is 35.0 Å². The number of halogens is 1. The minimum Gasteiger partial charge on any atom is -0.384 e. The third kappa shape index (κ3) is 2.70. The van der Waals surface area contributed by atoms with Crippen LogP contribution in [0.3, 0.4) is 0 Å². The molecule has 4 aliphatic carbocycles. The first-order chi connectivity index (χ1) is 12.8. The van der Waals surface area contributed by atoms with E-state index in [-0.39, 0.29) is 12.3 Å². The lowest BCUT2D eigenvalue weighted by molar-refractivity contribution is -0.146.